The molecule has 0 aromatic heterocycles. The highest BCUT2D eigenvalue weighted by molar-refractivity contribution is 6.11. The van der Waals surface area contributed by atoms with Gasteiger partial charge in [-0.05, 0) is 54.8 Å². The molecule has 0 saturated carbocycles. The first-order valence-corrected chi connectivity index (χ1v) is 10.3. The van der Waals surface area contributed by atoms with Crippen LogP contribution in [0.5, 0.6) is 23.0 Å². The third kappa shape index (κ3) is 4.42. The number of hydrogen-bond acceptors (Lipinski definition) is 7. The molecular formula is C25H28O7. The average molecular weight is 440 g/mol. The molecule has 7 heteroatoms. The van der Waals surface area contributed by atoms with Crippen molar-refractivity contribution in [3.8, 4) is 23.0 Å². The SMILES string of the molecule is CCOC(=O)[C@H]1C(=O)C=C(c2ccc(OC)c(OC)c2)C[C@H]1c1c(OC)cccc1OC. The summed E-state index contributed by atoms with van der Waals surface area (Å²) >= 11 is 0. The molecule has 0 unspecified atom stereocenters. The number of methoxy groups -OCH3 is 4. The van der Waals surface area contributed by atoms with Crippen molar-refractivity contribution in [1.29, 1.82) is 0 Å². The molecule has 1 aliphatic carbocycles. The van der Waals surface area contributed by atoms with Gasteiger partial charge in [0.1, 0.15) is 17.4 Å². The fourth-order valence-corrected chi connectivity index (χ4v) is 4.14. The Morgan fingerprint density at radius 2 is 1.53 bits per heavy atom. The number of hydrogen-bond donors (Lipinski definition) is 0. The standard InChI is InChI=1S/C25H28O7/c1-6-32-25(27)23-17(24-20(29-3)8-7-9-21(24)30-4)12-16(13-18(23)26)15-10-11-19(28-2)22(14-15)31-5/h7-11,13-14,17,23H,6,12H2,1-5H3/t17-,23-/m1/s1. The fourth-order valence-electron chi connectivity index (χ4n) is 4.14. The van der Waals surface area contributed by atoms with E-state index in [2.05, 4.69) is 0 Å². The van der Waals surface area contributed by atoms with Crippen LogP contribution >= 0.6 is 0 Å². The Bertz CT molecular complexity index is 1000. The van der Waals surface area contributed by atoms with E-state index in [1.165, 1.54) is 6.08 Å². The average Bonchev–Trinajstić information content (AvgIpc) is 2.82. The van der Waals surface area contributed by atoms with E-state index in [-0.39, 0.29) is 12.4 Å². The third-order valence-corrected chi connectivity index (χ3v) is 5.60. The second-order valence-electron chi connectivity index (χ2n) is 7.26. The van der Waals surface area contributed by atoms with Crippen LogP contribution in [0, 0.1) is 5.92 Å². The Morgan fingerprint density at radius 3 is 2.09 bits per heavy atom. The summed E-state index contributed by atoms with van der Waals surface area (Å²) in [6.07, 6.45) is 1.92. The first-order chi connectivity index (χ1) is 15.5. The molecule has 3 rings (SSSR count). The van der Waals surface area contributed by atoms with E-state index >= 15 is 0 Å². The van der Waals surface area contributed by atoms with E-state index in [0.717, 1.165) is 11.1 Å². The van der Waals surface area contributed by atoms with E-state index < -0.39 is 17.8 Å². The van der Waals surface area contributed by atoms with Gasteiger partial charge in [0.25, 0.3) is 0 Å². The highest BCUT2D eigenvalue weighted by Crippen LogP contribution is 2.47. The largest absolute Gasteiger partial charge is 0.496 e. The van der Waals surface area contributed by atoms with Gasteiger partial charge in [-0.25, -0.2) is 0 Å². The van der Waals surface area contributed by atoms with Crippen LogP contribution in [-0.4, -0.2) is 46.8 Å². The Balaban J connectivity index is 2.14. The van der Waals surface area contributed by atoms with E-state index in [9.17, 15) is 9.59 Å². The summed E-state index contributed by atoms with van der Waals surface area (Å²) in [6.45, 7) is 1.90. The molecule has 0 radical (unpaired) electrons. The monoisotopic (exact) mass is 440 g/mol. The van der Waals surface area contributed by atoms with Crippen LogP contribution in [0.25, 0.3) is 5.57 Å². The number of benzene rings is 2. The van der Waals surface area contributed by atoms with Gasteiger partial charge < -0.3 is 23.7 Å². The minimum absolute atomic E-state index is 0.185. The third-order valence-electron chi connectivity index (χ3n) is 5.60. The van der Waals surface area contributed by atoms with Crippen molar-refractivity contribution in [2.45, 2.75) is 19.3 Å². The van der Waals surface area contributed by atoms with Crippen molar-refractivity contribution in [2.75, 3.05) is 35.0 Å². The van der Waals surface area contributed by atoms with Crippen LogP contribution in [0.15, 0.2) is 42.5 Å². The van der Waals surface area contributed by atoms with E-state index in [1.807, 2.05) is 12.1 Å². The molecule has 0 fully saturated rings. The number of allylic oxidation sites excluding steroid dienone is 2. The quantitative estimate of drug-likeness (QED) is 0.453. The van der Waals surface area contributed by atoms with Crippen molar-refractivity contribution in [3.63, 3.8) is 0 Å². The Hall–Kier alpha value is -3.48. The van der Waals surface area contributed by atoms with Crippen LogP contribution in [0.4, 0.5) is 0 Å². The zero-order valence-corrected chi connectivity index (χ0v) is 19.0. The number of carbonyl (C=O) groups excluding carboxylic acids is 2. The summed E-state index contributed by atoms with van der Waals surface area (Å²) in [5.74, 6) is -0.168. The maximum Gasteiger partial charge on any atom is 0.317 e. The number of esters is 1. The molecule has 0 N–H and O–H groups in total. The lowest BCUT2D eigenvalue weighted by Crippen LogP contribution is -2.34. The predicted octanol–water partition coefficient (Wildman–Crippen LogP) is 4.04. The van der Waals surface area contributed by atoms with Crippen LogP contribution in [0.1, 0.15) is 30.4 Å². The van der Waals surface area contributed by atoms with Crippen LogP contribution in [0.3, 0.4) is 0 Å². The molecule has 2 aromatic rings. The lowest BCUT2D eigenvalue weighted by atomic mass is 9.73. The normalized spacial score (nSPS) is 17.9. The van der Waals surface area contributed by atoms with Gasteiger partial charge >= 0.3 is 5.97 Å². The van der Waals surface area contributed by atoms with Crippen molar-refractivity contribution >= 4 is 17.3 Å². The van der Waals surface area contributed by atoms with Gasteiger partial charge in [-0.3, -0.25) is 9.59 Å². The van der Waals surface area contributed by atoms with Crippen LogP contribution in [-0.2, 0) is 14.3 Å². The number of ether oxygens (including phenoxy) is 5. The summed E-state index contributed by atoms with van der Waals surface area (Å²) in [7, 11) is 6.22. The molecule has 7 nitrogen and oxygen atoms in total. The summed E-state index contributed by atoms with van der Waals surface area (Å²) in [6, 6.07) is 10.9. The van der Waals surface area contributed by atoms with Crippen molar-refractivity contribution in [3.05, 3.63) is 53.6 Å². The maximum atomic E-state index is 13.2. The Kier molecular flexibility index (Phi) is 7.41. The van der Waals surface area contributed by atoms with Gasteiger partial charge in [0, 0.05) is 11.5 Å². The highest BCUT2D eigenvalue weighted by Gasteiger charge is 2.42. The molecule has 0 aliphatic heterocycles. The number of rotatable bonds is 8. The van der Waals surface area contributed by atoms with Gasteiger partial charge in [-0.1, -0.05) is 12.1 Å². The van der Waals surface area contributed by atoms with Crippen molar-refractivity contribution < 1.29 is 33.3 Å². The van der Waals surface area contributed by atoms with E-state index in [1.54, 1.807) is 59.6 Å². The molecule has 0 spiro atoms. The van der Waals surface area contributed by atoms with Gasteiger partial charge in [0.05, 0.1) is 35.0 Å². The lowest BCUT2D eigenvalue weighted by molar-refractivity contribution is -0.151. The zero-order valence-electron chi connectivity index (χ0n) is 19.0. The van der Waals surface area contributed by atoms with Gasteiger partial charge in [0.15, 0.2) is 17.3 Å². The van der Waals surface area contributed by atoms with Crippen LogP contribution in [0.2, 0.25) is 0 Å². The van der Waals surface area contributed by atoms with Gasteiger partial charge in [-0.15, -0.1) is 0 Å². The van der Waals surface area contributed by atoms with Crippen molar-refractivity contribution in [1.82, 2.24) is 0 Å². The fraction of sp³-hybridized carbons (Fsp3) is 0.360. The minimum atomic E-state index is -0.996. The number of ketones is 1. The smallest absolute Gasteiger partial charge is 0.317 e. The number of carbonyl (C=O) groups is 2. The Labute approximate surface area is 187 Å². The second kappa shape index (κ2) is 10.2. The summed E-state index contributed by atoms with van der Waals surface area (Å²) < 4.78 is 27.1. The van der Waals surface area contributed by atoms with Crippen LogP contribution < -0.4 is 18.9 Å². The second-order valence-corrected chi connectivity index (χ2v) is 7.26. The minimum Gasteiger partial charge on any atom is -0.496 e. The maximum absolute atomic E-state index is 13.2. The predicted molar refractivity (Wildman–Crippen MR) is 120 cm³/mol. The molecule has 1 aliphatic rings. The molecule has 0 heterocycles. The molecule has 2 atom stereocenters. The molecule has 2 aromatic carbocycles. The van der Waals surface area contributed by atoms with Gasteiger partial charge in [0.2, 0.25) is 0 Å². The summed E-state index contributed by atoms with van der Waals surface area (Å²) in [5.41, 5.74) is 2.24. The molecule has 170 valence electrons. The summed E-state index contributed by atoms with van der Waals surface area (Å²) in [4.78, 5) is 26.1. The van der Waals surface area contributed by atoms with Crippen molar-refractivity contribution in [2.24, 2.45) is 5.92 Å². The van der Waals surface area contributed by atoms with E-state index in [0.29, 0.717) is 35.0 Å². The lowest BCUT2D eigenvalue weighted by Gasteiger charge is -2.31. The molecule has 0 bridgehead atoms. The molecule has 0 amide bonds. The first kappa shape index (κ1) is 23.2. The first-order valence-electron chi connectivity index (χ1n) is 10.3. The van der Waals surface area contributed by atoms with Gasteiger partial charge in [-0.2, -0.15) is 0 Å². The molecular weight excluding hydrogens is 412 g/mol. The topological polar surface area (TPSA) is 80.3 Å². The highest BCUT2D eigenvalue weighted by atomic mass is 16.5. The molecule has 32 heavy (non-hydrogen) atoms. The molecule has 0 saturated heterocycles. The summed E-state index contributed by atoms with van der Waals surface area (Å²) in [5, 5.41) is 0. The Morgan fingerprint density at radius 1 is 0.906 bits per heavy atom. The van der Waals surface area contributed by atoms with E-state index in [4.69, 9.17) is 23.7 Å². The zero-order chi connectivity index (χ0) is 23.3.